The summed E-state index contributed by atoms with van der Waals surface area (Å²) in [6, 6.07) is 16.1. The van der Waals surface area contributed by atoms with Crippen LogP contribution in [0, 0.1) is 19.7 Å². The molecule has 0 saturated carbocycles. The number of Topliss-reactive ketones (excluding diaryl/α,β-unsaturated/α-hetero) is 1. The van der Waals surface area contributed by atoms with Gasteiger partial charge in [-0.05, 0) is 80.4 Å². The molecule has 0 bridgehead atoms. The van der Waals surface area contributed by atoms with Gasteiger partial charge in [-0.2, -0.15) is 0 Å². The highest BCUT2D eigenvalue weighted by atomic mass is 19.1. The molecule has 0 spiro atoms. The molecule has 1 N–H and O–H groups in total. The van der Waals surface area contributed by atoms with Crippen LogP contribution in [-0.2, 0) is 0 Å². The molecule has 28 heavy (non-hydrogen) atoms. The molecule has 0 radical (unpaired) electrons. The molecule has 142 valence electrons. The molecule has 3 rings (SSSR count). The van der Waals surface area contributed by atoms with Gasteiger partial charge < -0.3 is 10.1 Å². The van der Waals surface area contributed by atoms with Gasteiger partial charge in [-0.25, -0.2) is 4.39 Å². The maximum atomic E-state index is 14.4. The van der Waals surface area contributed by atoms with Crippen LogP contribution in [0.3, 0.4) is 0 Å². The van der Waals surface area contributed by atoms with Crippen LogP contribution in [0.15, 0.2) is 60.7 Å². The Morgan fingerprint density at radius 3 is 2.14 bits per heavy atom. The van der Waals surface area contributed by atoms with E-state index >= 15 is 0 Å². The number of rotatable bonds is 5. The Labute approximate surface area is 163 Å². The number of carbonyl (C=O) groups excluding carboxylic acids is 2. The standard InChI is InChI=1S/C23H20FNO3/c1-14-4-5-18(12-15(14)2)23(27)25-19-8-11-22(21(24)13-19)28-20-9-6-17(7-10-20)16(3)26/h4-13H,1-3H3,(H,25,27). The Morgan fingerprint density at radius 1 is 0.857 bits per heavy atom. The average molecular weight is 377 g/mol. The maximum absolute atomic E-state index is 14.4. The van der Waals surface area contributed by atoms with Crippen molar-refractivity contribution in [3.05, 3.63) is 88.7 Å². The lowest BCUT2D eigenvalue weighted by molar-refractivity contribution is 0.101. The van der Waals surface area contributed by atoms with Crippen molar-refractivity contribution in [2.75, 3.05) is 5.32 Å². The molecule has 0 aliphatic heterocycles. The molecule has 4 nitrogen and oxygen atoms in total. The van der Waals surface area contributed by atoms with E-state index in [9.17, 15) is 14.0 Å². The minimum absolute atomic E-state index is 0.0276. The summed E-state index contributed by atoms with van der Waals surface area (Å²) >= 11 is 0. The van der Waals surface area contributed by atoms with Gasteiger partial charge in [0.25, 0.3) is 5.91 Å². The molecule has 0 fully saturated rings. The predicted molar refractivity (Wildman–Crippen MR) is 107 cm³/mol. The molecule has 0 heterocycles. The average Bonchev–Trinajstić information content (AvgIpc) is 2.66. The minimum atomic E-state index is -0.603. The summed E-state index contributed by atoms with van der Waals surface area (Å²) in [4.78, 5) is 23.7. The second kappa shape index (κ2) is 8.05. The molecule has 1 amide bonds. The molecule has 0 unspecified atom stereocenters. The third-order valence-electron chi connectivity index (χ3n) is 4.45. The van der Waals surface area contributed by atoms with E-state index in [1.165, 1.54) is 19.1 Å². The summed E-state index contributed by atoms with van der Waals surface area (Å²) in [7, 11) is 0. The number of nitrogens with one attached hydrogen (secondary N) is 1. The molecular weight excluding hydrogens is 357 g/mol. The van der Waals surface area contributed by atoms with Crippen LogP contribution in [0.4, 0.5) is 10.1 Å². The van der Waals surface area contributed by atoms with Crippen LogP contribution in [-0.4, -0.2) is 11.7 Å². The fraction of sp³-hybridized carbons (Fsp3) is 0.130. The van der Waals surface area contributed by atoms with E-state index in [1.807, 2.05) is 19.9 Å². The second-order valence-corrected chi connectivity index (χ2v) is 6.58. The Kier molecular flexibility index (Phi) is 5.54. The highest BCUT2D eigenvalue weighted by molar-refractivity contribution is 6.04. The lowest BCUT2D eigenvalue weighted by atomic mass is 10.1. The lowest BCUT2D eigenvalue weighted by Gasteiger charge is -2.10. The number of amides is 1. The first kappa shape index (κ1) is 19.3. The molecule has 3 aromatic rings. The van der Waals surface area contributed by atoms with Crippen LogP contribution in [0.1, 0.15) is 38.8 Å². The van der Waals surface area contributed by atoms with Crippen LogP contribution in [0.2, 0.25) is 0 Å². The van der Waals surface area contributed by atoms with Crippen LogP contribution in [0.25, 0.3) is 0 Å². The number of carbonyl (C=O) groups is 2. The largest absolute Gasteiger partial charge is 0.454 e. The smallest absolute Gasteiger partial charge is 0.255 e. The van der Waals surface area contributed by atoms with Gasteiger partial charge >= 0.3 is 0 Å². The van der Waals surface area contributed by atoms with Crippen molar-refractivity contribution in [1.82, 2.24) is 0 Å². The summed E-state index contributed by atoms with van der Waals surface area (Å²) in [6.45, 7) is 5.38. The van der Waals surface area contributed by atoms with Crippen molar-refractivity contribution >= 4 is 17.4 Å². The molecule has 3 aromatic carbocycles. The monoisotopic (exact) mass is 377 g/mol. The van der Waals surface area contributed by atoms with Crippen molar-refractivity contribution < 1.29 is 18.7 Å². The first-order valence-corrected chi connectivity index (χ1v) is 8.80. The maximum Gasteiger partial charge on any atom is 0.255 e. The zero-order valence-electron chi connectivity index (χ0n) is 15.9. The first-order chi connectivity index (χ1) is 13.3. The van der Waals surface area contributed by atoms with Crippen molar-refractivity contribution in [3.63, 3.8) is 0 Å². The zero-order chi connectivity index (χ0) is 20.3. The van der Waals surface area contributed by atoms with Crippen LogP contribution in [0.5, 0.6) is 11.5 Å². The van der Waals surface area contributed by atoms with Gasteiger partial charge in [-0.3, -0.25) is 9.59 Å². The highest BCUT2D eigenvalue weighted by Gasteiger charge is 2.11. The van der Waals surface area contributed by atoms with E-state index in [0.29, 0.717) is 22.6 Å². The quantitative estimate of drug-likeness (QED) is 0.581. The number of aryl methyl sites for hydroxylation is 2. The van der Waals surface area contributed by atoms with Crippen molar-refractivity contribution in [2.45, 2.75) is 20.8 Å². The van der Waals surface area contributed by atoms with Crippen LogP contribution < -0.4 is 10.1 Å². The van der Waals surface area contributed by atoms with E-state index in [0.717, 1.165) is 11.1 Å². The van der Waals surface area contributed by atoms with E-state index in [1.54, 1.807) is 42.5 Å². The predicted octanol–water partition coefficient (Wildman–Crippen LogP) is 5.69. The third-order valence-corrected chi connectivity index (χ3v) is 4.45. The Balaban J connectivity index is 1.72. The topological polar surface area (TPSA) is 55.4 Å². The van der Waals surface area contributed by atoms with Gasteiger partial charge in [0.1, 0.15) is 5.75 Å². The number of halogens is 1. The lowest BCUT2D eigenvalue weighted by Crippen LogP contribution is -2.12. The van der Waals surface area contributed by atoms with Gasteiger partial charge in [0.05, 0.1) is 0 Å². The fourth-order valence-electron chi connectivity index (χ4n) is 2.63. The molecular formula is C23H20FNO3. The van der Waals surface area contributed by atoms with Gasteiger partial charge in [-0.1, -0.05) is 6.07 Å². The van der Waals surface area contributed by atoms with Gasteiger partial charge in [0.15, 0.2) is 17.3 Å². The Bertz CT molecular complexity index is 1040. The summed E-state index contributed by atoms with van der Waals surface area (Å²) in [6.07, 6.45) is 0. The number of benzene rings is 3. The van der Waals surface area contributed by atoms with Gasteiger partial charge in [0, 0.05) is 22.9 Å². The summed E-state index contributed by atoms with van der Waals surface area (Å²) in [5.74, 6) is -0.526. The van der Waals surface area contributed by atoms with E-state index in [2.05, 4.69) is 5.32 Å². The Morgan fingerprint density at radius 2 is 1.54 bits per heavy atom. The second-order valence-electron chi connectivity index (χ2n) is 6.58. The normalized spacial score (nSPS) is 10.4. The number of hydrogen-bond donors (Lipinski definition) is 1. The summed E-state index contributed by atoms with van der Waals surface area (Å²) < 4.78 is 19.9. The van der Waals surface area contributed by atoms with Crippen molar-refractivity contribution in [3.8, 4) is 11.5 Å². The minimum Gasteiger partial charge on any atom is -0.454 e. The number of ether oxygens (including phenoxy) is 1. The molecule has 0 aromatic heterocycles. The molecule has 0 aliphatic carbocycles. The molecule has 0 atom stereocenters. The summed E-state index contributed by atoms with van der Waals surface area (Å²) in [5, 5.41) is 2.68. The Hall–Kier alpha value is -3.47. The fourth-order valence-corrected chi connectivity index (χ4v) is 2.63. The van der Waals surface area contributed by atoms with Gasteiger partial charge in [0.2, 0.25) is 0 Å². The number of ketones is 1. The molecule has 0 aliphatic rings. The van der Waals surface area contributed by atoms with E-state index in [4.69, 9.17) is 4.74 Å². The highest BCUT2D eigenvalue weighted by Crippen LogP contribution is 2.27. The van der Waals surface area contributed by atoms with Crippen LogP contribution >= 0.6 is 0 Å². The van der Waals surface area contributed by atoms with E-state index < -0.39 is 5.82 Å². The molecule has 0 saturated heterocycles. The van der Waals surface area contributed by atoms with Crippen molar-refractivity contribution in [2.24, 2.45) is 0 Å². The molecule has 5 heteroatoms. The van der Waals surface area contributed by atoms with Crippen molar-refractivity contribution in [1.29, 1.82) is 0 Å². The first-order valence-electron chi connectivity index (χ1n) is 8.80. The number of hydrogen-bond acceptors (Lipinski definition) is 3. The number of anilines is 1. The summed E-state index contributed by atoms with van der Waals surface area (Å²) in [5.41, 5.74) is 3.51. The van der Waals surface area contributed by atoms with E-state index in [-0.39, 0.29) is 17.4 Å². The zero-order valence-corrected chi connectivity index (χ0v) is 15.9. The third kappa shape index (κ3) is 4.43. The van der Waals surface area contributed by atoms with Gasteiger partial charge in [-0.15, -0.1) is 0 Å². The SMILES string of the molecule is CC(=O)c1ccc(Oc2ccc(NC(=O)c3ccc(C)c(C)c3)cc2F)cc1.